The van der Waals surface area contributed by atoms with E-state index in [-0.39, 0.29) is 37.2 Å². The molecule has 1 aromatic carbocycles. The Morgan fingerprint density at radius 1 is 0.921 bits per heavy atom. The number of hydrogen-bond donors (Lipinski definition) is 3. The van der Waals surface area contributed by atoms with E-state index >= 15 is 0 Å². The molecule has 38 heavy (non-hydrogen) atoms. The van der Waals surface area contributed by atoms with E-state index in [0.29, 0.717) is 25.5 Å². The number of carbonyl (C=O) groups is 3. The van der Waals surface area contributed by atoms with Crippen molar-refractivity contribution in [3.8, 4) is 5.75 Å². The third-order valence-corrected chi connectivity index (χ3v) is 5.49. The second kappa shape index (κ2) is 17.9. The van der Waals surface area contributed by atoms with E-state index < -0.39 is 12.2 Å². The Bertz CT molecular complexity index is 1040. The Hall–Kier alpha value is -3.48. The van der Waals surface area contributed by atoms with Gasteiger partial charge < -0.3 is 29.7 Å². The van der Waals surface area contributed by atoms with Crippen LogP contribution in [0.1, 0.15) is 24.1 Å². The lowest BCUT2D eigenvalue weighted by molar-refractivity contribution is -0.116. The van der Waals surface area contributed by atoms with Gasteiger partial charge in [0, 0.05) is 12.6 Å². The normalized spacial score (nSPS) is 10.9. The van der Waals surface area contributed by atoms with Crippen LogP contribution in [0.4, 0.5) is 9.59 Å². The van der Waals surface area contributed by atoms with Crippen LogP contribution in [0, 0.1) is 0 Å². The van der Waals surface area contributed by atoms with Crippen LogP contribution in [-0.4, -0.2) is 84.3 Å². The van der Waals surface area contributed by atoms with Gasteiger partial charge in [-0.05, 0) is 71.1 Å². The summed E-state index contributed by atoms with van der Waals surface area (Å²) < 4.78 is 16.9. The van der Waals surface area contributed by atoms with E-state index in [9.17, 15) is 14.4 Å². The third kappa shape index (κ3) is 13.2. The summed E-state index contributed by atoms with van der Waals surface area (Å²) in [6.45, 7) is 1.50. The molecule has 0 aliphatic rings. The zero-order chi connectivity index (χ0) is 27.6. The lowest BCUT2D eigenvalue weighted by atomic mass is 10.1. The summed E-state index contributed by atoms with van der Waals surface area (Å²) in [5.41, 5.74) is 1.89. The number of halogens is 1. The molecular formula is C26H32BrN3O8. The van der Waals surface area contributed by atoms with Crippen molar-refractivity contribution in [3.05, 3.63) is 64.4 Å². The van der Waals surface area contributed by atoms with E-state index in [1.54, 1.807) is 6.08 Å². The Labute approximate surface area is 229 Å². The van der Waals surface area contributed by atoms with Gasteiger partial charge in [0.2, 0.25) is 5.91 Å². The highest BCUT2D eigenvalue weighted by Gasteiger charge is 2.18. The van der Waals surface area contributed by atoms with Gasteiger partial charge in [-0.15, -0.1) is 0 Å². The minimum absolute atomic E-state index is 0.0398. The van der Waals surface area contributed by atoms with E-state index in [2.05, 4.69) is 26.2 Å². The molecule has 11 nitrogen and oxygen atoms in total. The minimum Gasteiger partial charge on any atom is -0.491 e. The van der Waals surface area contributed by atoms with Crippen molar-refractivity contribution in [1.29, 1.82) is 0 Å². The highest BCUT2D eigenvalue weighted by atomic mass is 79.9. The number of aromatic nitrogens is 1. The fourth-order valence-corrected chi connectivity index (χ4v) is 3.48. The maximum Gasteiger partial charge on any atom is 0.416 e. The Kier molecular flexibility index (Phi) is 14.5. The van der Waals surface area contributed by atoms with Gasteiger partial charge in [0.25, 0.3) is 0 Å². The number of rotatable bonds is 17. The lowest BCUT2D eigenvalue weighted by Gasteiger charge is -2.13. The van der Waals surface area contributed by atoms with Gasteiger partial charge in [-0.1, -0.05) is 18.2 Å². The van der Waals surface area contributed by atoms with E-state index in [1.165, 1.54) is 11.6 Å². The third-order valence-electron chi connectivity index (χ3n) is 5.05. The number of pyridine rings is 1. The second-order valence-corrected chi connectivity index (χ2v) is 8.71. The zero-order valence-corrected chi connectivity index (χ0v) is 22.5. The quantitative estimate of drug-likeness (QED) is 0.140. The van der Waals surface area contributed by atoms with Crippen molar-refractivity contribution in [2.24, 2.45) is 0 Å². The molecule has 0 fully saturated rings. The molecule has 12 heteroatoms. The fourth-order valence-electron chi connectivity index (χ4n) is 3.12. The van der Waals surface area contributed by atoms with Crippen molar-refractivity contribution in [2.75, 3.05) is 46.1 Å². The van der Waals surface area contributed by atoms with Crippen LogP contribution in [0.2, 0.25) is 0 Å². The lowest BCUT2D eigenvalue weighted by Crippen LogP contribution is -2.37. The summed E-state index contributed by atoms with van der Waals surface area (Å²) in [5, 5.41) is 20.3. The van der Waals surface area contributed by atoms with Crippen LogP contribution in [0.3, 0.4) is 0 Å². The van der Waals surface area contributed by atoms with Gasteiger partial charge in [-0.25, -0.2) is 19.5 Å². The SMILES string of the molecule is O=C(/C=C/c1cccc(Br)n1)NCCCCc1ccc(OCCOCCOCCN(C(=O)O)C(=O)O)cc1. The summed E-state index contributed by atoms with van der Waals surface area (Å²) in [6.07, 6.45) is 2.78. The van der Waals surface area contributed by atoms with Crippen LogP contribution in [0.5, 0.6) is 5.75 Å². The van der Waals surface area contributed by atoms with Gasteiger partial charge in [0.15, 0.2) is 0 Å². The topological polar surface area (TPSA) is 148 Å². The molecule has 0 unspecified atom stereocenters. The first-order chi connectivity index (χ1) is 18.3. The van der Waals surface area contributed by atoms with E-state index in [4.69, 9.17) is 24.4 Å². The van der Waals surface area contributed by atoms with Crippen LogP contribution in [0.15, 0.2) is 53.1 Å². The largest absolute Gasteiger partial charge is 0.491 e. The molecule has 1 aromatic heterocycles. The Balaban J connectivity index is 1.48. The smallest absolute Gasteiger partial charge is 0.416 e. The molecule has 0 aliphatic heterocycles. The average Bonchev–Trinajstić information content (AvgIpc) is 2.88. The molecule has 0 saturated heterocycles. The molecule has 1 heterocycles. The van der Waals surface area contributed by atoms with Crippen molar-refractivity contribution >= 4 is 40.1 Å². The molecule has 206 valence electrons. The fraction of sp³-hybridized carbons (Fsp3) is 0.385. The van der Waals surface area contributed by atoms with Gasteiger partial charge in [0.05, 0.1) is 38.7 Å². The number of carboxylic acid groups (broad SMARTS) is 2. The van der Waals surface area contributed by atoms with Gasteiger partial charge in [-0.3, -0.25) is 4.79 Å². The first kappa shape index (κ1) is 30.7. The van der Waals surface area contributed by atoms with Crippen LogP contribution in [-0.2, 0) is 20.7 Å². The molecule has 3 N–H and O–H groups in total. The number of nitrogens with one attached hydrogen (secondary N) is 1. The number of nitrogens with zero attached hydrogens (tertiary/aromatic N) is 2. The predicted molar refractivity (Wildman–Crippen MR) is 143 cm³/mol. The molecule has 0 bridgehead atoms. The Morgan fingerprint density at radius 3 is 2.29 bits per heavy atom. The summed E-state index contributed by atoms with van der Waals surface area (Å²) in [4.78, 5) is 37.8. The molecular weight excluding hydrogens is 562 g/mol. The monoisotopic (exact) mass is 593 g/mol. The van der Waals surface area contributed by atoms with Crippen molar-refractivity contribution in [3.63, 3.8) is 0 Å². The summed E-state index contributed by atoms with van der Waals surface area (Å²) in [7, 11) is 0. The predicted octanol–water partition coefficient (Wildman–Crippen LogP) is 4.07. The van der Waals surface area contributed by atoms with Crippen molar-refractivity contribution in [2.45, 2.75) is 19.3 Å². The number of unbranched alkanes of at least 4 members (excludes halogenated alkanes) is 1. The Morgan fingerprint density at radius 2 is 1.61 bits per heavy atom. The van der Waals surface area contributed by atoms with E-state index in [1.807, 2.05) is 42.5 Å². The molecule has 2 aromatic rings. The molecule has 3 amide bonds. The summed E-state index contributed by atoms with van der Waals surface area (Å²) >= 11 is 3.30. The van der Waals surface area contributed by atoms with E-state index in [0.717, 1.165) is 29.6 Å². The van der Waals surface area contributed by atoms with Crippen LogP contribution < -0.4 is 10.1 Å². The average molecular weight is 594 g/mol. The van der Waals surface area contributed by atoms with Crippen molar-refractivity contribution < 1.29 is 38.8 Å². The molecule has 0 spiro atoms. The first-order valence-electron chi connectivity index (χ1n) is 12.0. The standard InChI is InChI=1S/C26H32BrN3O8/c27-23-6-3-5-21(29-23)9-12-24(31)28-13-2-1-4-20-7-10-22(11-8-20)38-19-18-37-17-16-36-15-14-30(25(32)33)26(34)35/h3,5-12H,1-2,4,13-19H2,(H,28,31)(H,32,33)(H,34,35)/b12-9+. The highest BCUT2D eigenvalue weighted by molar-refractivity contribution is 9.10. The number of benzene rings is 1. The molecule has 0 radical (unpaired) electrons. The minimum atomic E-state index is -1.54. The van der Waals surface area contributed by atoms with Crippen molar-refractivity contribution in [1.82, 2.24) is 15.2 Å². The van der Waals surface area contributed by atoms with Gasteiger partial charge in [-0.2, -0.15) is 0 Å². The molecule has 2 rings (SSSR count). The number of ether oxygens (including phenoxy) is 3. The first-order valence-corrected chi connectivity index (χ1v) is 12.8. The van der Waals surface area contributed by atoms with Gasteiger partial charge >= 0.3 is 12.2 Å². The summed E-state index contributed by atoms with van der Waals surface area (Å²) in [6, 6.07) is 13.3. The second-order valence-electron chi connectivity index (χ2n) is 7.90. The maximum atomic E-state index is 11.9. The maximum absolute atomic E-state index is 11.9. The zero-order valence-electron chi connectivity index (χ0n) is 20.9. The van der Waals surface area contributed by atoms with Crippen LogP contribution >= 0.6 is 15.9 Å². The molecule has 0 saturated carbocycles. The number of imide groups is 1. The number of aryl methyl sites for hydroxylation is 1. The number of hydrogen-bond acceptors (Lipinski definition) is 7. The highest BCUT2D eigenvalue weighted by Crippen LogP contribution is 2.14. The molecule has 0 aliphatic carbocycles. The number of carbonyl (C=O) groups excluding carboxylic acids is 1. The van der Waals surface area contributed by atoms with Gasteiger partial charge in [0.1, 0.15) is 17.0 Å². The summed E-state index contributed by atoms with van der Waals surface area (Å²) in [5.74, 6) is 0.586. The van der Waals surface area contributed by atoms with Crippen LogP contribution in [0.25, 0.3) is 6.08 Å². The number of amides is 3. The molecule has 0 atom stereocenters.